The average molecular weight is 262 g/mol. The summed E-state index contributed by atoms with van der Waals surface area (Å²) in [5.74, 6) is 0. The van der Waals surface area contributed by atoms with Crippen molar-refractivity contribution >= 4 is 0 Å². The van der Waals surface area contributed by atoms with E-state index in [2.05, 4.69) is 52.8 Å². The van der Waals surface area contributed by atoms with Crippen LogP contribution < -0.4 is 0 Å². The van der Waals surface area contributed by atoms with Crippen LogP contribution in [0.2, 0.25) is 0 Å². The van der Waals surface area contributed by atoms with Gasteiger partial charge in [0, 0.05) is 0 Å². The SMILES string of the molecule is CCCC/C=C(C)/C=C/C1=C(C)C(O)CCC1(C)C. The van der Waals surface area contributed by atoms with E-state index in [4.69, 9.17) is 0 Å². The summed E-state index contributed by atoms with van der Waals surface area (Å²) in [5.41, 5.74) is 3.97. The van der Waals surface area contributed by atoms with E-state index in [0.717, 1.165) is 24.8 Å². The molecular formula is C18H30O. The van der Waals surface area contributed by atoms with Crippen molar-refractivity contribution in [2.75, 3.05) is 0 Å². The predicted octanol–water partition coefficient (Wildman–Crippen LogP) is 5.18. The molecule has 1 aliphatic carbocycles. The van der Waals surface area contributed by atoms with E-state index in [-0.39, 0.29) is 11.5 Å². The van der Waals surface area contributed by atoms with Crippen LogP contribution in [-0.2, 0) is 0 Å². The Bertz CT molecular complexity index is 382. The van der Waals surface area contributed by atoms with Gasteiger partial charge in [-0.15, -0.1) is 0 Å². The Labute approximate surface area is 119 Å². The molecule has 1 N–H and O–H groups in total. The molecule has 0 aromatic carbocycles. The molecule has 0 fully saturated rings. The molecule has 0 aromatic heterocycles. The van der Waals surface area contributed by atoms with Crippen LogP contribution in [0.25, 0.3) is 0 Å². The number of aliphatic hydroxyl groups is 1. The van der Waals surface area contributed by atoms with Crippen molar-refractivity contribution in [3.05, 3.63) is 34.9 Å². The minimum atomic E-state index is -0.253. The van der Waals surface area contributed by atoms with Gasteiger partial charge in [-0.05, 0) is 49.7 Å². The van der Waals surface area contributed by atoms with Crippen LogP contribution in [0.4, 0.5) is 0 Å². The Balaban J connectivity index is 2.83. The molecule has 1 heteroatoms. The second kappa shape index (κ2) is 7.09. The van der Waals surface area contributed by atoms with Crippen LogP contribution in [0.5, 0.6) is 0 Å². The summed E-state index contributed by atoms with van der Waals surface area (Å²) in [6.07, 6.45) is 12.1. The van der Waals surface area contributed by atoms with Crippen LogP contribution in [0.3, 0.4) is 0 Å². The third-order valence-corrected chi connectivity index (χ3v) is 4.23. The molecule has 0 saturated heterocycles. The maximum atomic E-state index is 10.0. The van der Waals surface area contributed by atoms with Crippen molar-refractivity contribution < 1.29 is 5.11 Å². The normalized spacial score (nSPS) is 24.3. The highest BCUT2D eigenvalue weighted by Gasteiger charge is 2.30. The monoisotopic (exact) mass is 262 g/mol. The van der Waals surface area contributed by atoms with Crippen molar-refractivity contribution in [1.29, 1.82) is 0 Å². The minimum Gasteiger partial charge on any atom is -0.389 e. The molecule has 108 valence electrons. The summed E-state index contributed by atoms with van der Waals surface area (Å²) in [6.45, 7) is 11.0. The second-order valence-corrected chi connectivity index (χ2v) is 6.46. The zero-order chi connectivity index (χ0) is 14.5. The molecular weight excluding hydrogens is 232 g/mol. The first kappa shape index (κ1) is 16.2. The summed E-state index contributed by atoms with van der Waals surface area (Å²) >= 11 is 0. The molecule has 0 bridgehead atoms. The highest BCUT2D eigenvalue weighted by atomic mass is 16.3. The van der Waals surface area contributed by atoms with Crippen LogP contribution >= 0.6 is 0 Å². The maximum Gasteiger partial charge on any atom is 0.0753 e. The molecule has 0 radical (unpaired) electrons. The highest BCUT2D eigenvalue weighted by molar-refractivity contribution is 5.37. The maximum absolute atomic E-state index is 10.0. The van der Waals surface area contributed by atoms with Gasteiger partial charge in [0.2, 0.25) is 0 Å². The van der Waals surface area contributed by atoms with E-state index in [9.17, 15) is 5.11 Å². The van der Waals surface area contributed by atoms with Crippen LogP contribution in [0.15, 0.2) is 34.9 Å². The van der Waals surface area contributed by atoms with Gasteiger partial charge in [-0.1, -0.05) is 57.4 Å². The third kappa shape index (κ3) is 4.65. The Morgan fingerprint density at radius 1 is 1.42 bits per heavy atom. The van der Waals surface area contributed by atoms with Crippen molar-refractivity contribution in [1.82, 2.24) is 0 Å². The first-order chi connectivity index (χ1) is 8.88. The van der Waals surface area contributed by atoms with E-state index in [1.165, 1.54) is 24.0 Å². The Hall–Kier alpha value is -0.820. The van der Waals surface area contributed by atoms with Crippen LogP contribution in [0.1, 0.15) is 66.7 Å². The average Bonchev–Trinajstić information content (AvgIpc) is 2.34. The Morgan fingerprint density at radius 2 is 2.11 bits per heavy atom. The molecule has 19 heavy (non-hydrogen) atoms. The lowest BCUT2D eigenvalue weighted by Crippen LogP contribution is -2.27. The molecule has 1 nitrogen and oxygen atoms in total. The van der Waals surface area contributed by atoms with Gasteiger partial charge in [0.05, 0.1) is 6.10 Å². The summed E-state index contributed by atoms with van der Waals surface area (Å²) in [6, 6.07) is 0. The van der Waals surface area contributed by atoms with Crippen molar-refractivity contribution in [2.45, 2.75) is 72.8 Å². The smallest absolute Gasteiger partial charge is 0.0753 e. The molecule has 0 heterocycles. The predicted molar refractivity (Wildman–Crippen MR) is 84.1 cm³/mol. The molecule has 1 rings (SSSR count). The minimum absolute atomic E-state index is 0.184. The first-order valence-corrected chi connectivity index (χ1v) is 7.62. The fourth-order valence-corrected chi connectivity index (χ4v) is 2.74. The number of unbranched alkanes of at least 4 members (excludes halogenated alkanes) is 2. The van der Waals surface area contributed by atoms with E-state index >= 15 is 0 Å². The Morgan fingerprint density at radius 3 is 2.74 bits per heavy atom. The number of allylic oxidation sites excluding steroid dienone is 5. The van der Waals surface area contributed by atoms with E-state index in [1.807, 2.05) is 0 Å². The Kier molecular flexibility index (Phi) is 6.06. The quantitative estimate of drug-likeness (QED) is 0.535. The van der Waals surface area contributed by atoms with Gasteiger partial charge in [0.1, 0.15) is 0 Å². The van der Waals surface area contributed by atoms with Crippen LogP contribution in [0, 0.1) is 5.41 Å². The summed E-state index contributed by atoms with van der Waals surface area (Å²) in [5, 5.41) is 10.0. The van der Waals surface area contributed by atoms with Crippen LogP contribution in [-0.4, -0.2) is 11.2 Å². The summed E-state index contributed by atoms with van der Waals surface area (Å²) in [7, 11) is 0. The lowest BCUT2D eigenvalue weighted by atomic mass is 9.71. The molecule has 0 aliphatic heterocycles. The van der Waals surface area contributed by atoms with Crippen molar-refractivity contribution in [3.8, 4) is 0 Å². The number of rotatable bonds is 5. The van der Waals surface area contributed by atoms with E-state index < -0.39 is 0 Å². The standard InChI is InChI=1S/C18H30O/c1-6-7-8-9-14(2)10-11-16-15(3)17(19)12-13-18(16,4)5/h9-11,17,19H,6-8,12-13H2,1-5H3/b11-10+,14-9+. The largest absolute Gasteiger partial charge is 0.389 e. The fraction of sp³-hybridized carbons (Fsp3) is 0.667. The highest BCUT2D eigenvalue weighted by Crippen LogP contribution is 2.40. The van der Waals surface area contributed by atoms with Gasteiger partial charge in [-0.25, -0.2) is 0 Å². The van der Waals surface area contributed by atoms with Crippen molar-refractivity contribution in [2.24, 2.45) is 5.41 Å². The van der Waals surface area contributed by atoms with Gasteiger partial charge in [-0.2, -0.15) is 0 Å². The topological polar surface area (TPSA) is 20.2 Å². The van der Waals surface area contributed by atoms with E-state index in [0.29, 0.717) is 0 Å². The van der Waals surface area contributed by atoms with Gasteiger partial charge in [0.15, 0.2) is 0 Å². The van der Waals surface area contributed by atoms with Gasteiger partial charge >= 0.3 is 0 Å². The van der Waals surface area contributed by atoms with Gasteiger partial charge in [-0.3, -0.25) is 0 Å². The number of hydrogen-bond donors (Lipinski definition) is 1. The number of aliphatic hydroxyl groups excluding tert-OH is 1. The lowest BCUT2D eigenvalue weighted by molar-refractivity contribution is 0.163. The van der Waals surface area contributed by atoms with Gasteiger partial charge < -0.3 is 5.11 Å². The first-order valence-electron chi connectivity index (χ1n) is 7.62. The second-order valence-electron chi connectivity index (χ2n) is 6.46. The van der Waals surface area contributed by atoms with Crippen molar-refractivity contribution in [3.63, 3.8) is 0 Å². The molecule has 0 amide bonds. The summed E-state index contributed by atoms with van der Waals surface area (Å²) in [4.78, 5) is 0. The lowest BCUT2D eigenvalue weighted by Gasteiger charge is -2.35. The fourth-order valence-electron chi connectivity index (χ4n) is 2.74. The van der Waals surface area contributed by atoms with Gasteiger partial charge in [0.25, 0.3) is 0 Å². The molecule has 1 unspecified atom stereocenters. The third-order valence-electron chi connectivity index (χ3n) is 4.23. The molecule has 0 spiro atoms. The van der Waals surface area contributed by atoms with E-state index in [1.54, 1.807) is 0 Å². The number of hydrogen-bond acceptors (Lipinski definition) is 1. The summed E-state index contributed by atoms with van der Waals surface area (Å²) < 4.78 is 0. The zero-order valence-electron chi connectivity index (χ0n) is 13.3. The molecule has 0 aromatic rings. The molecule has 1 atom stereocenters. The molecule has 1 aliphatic rings. The molecule has 0 saturated carbocycles. The zero-order valence-corrected chi connectivity index (χ0v) is 13.3.